The summed E-state index contributed by atoms with van der Waals surface area (Å²) in [6.45, 7) is 0. The van der Waals surface area contributed by atoms with Gasteiger partial charge in [-0.3, -0.25) is 20.1 Å². The Hall–Kier alpha value is -2.74. The van der Waals surface area contributed by atoms with Crippen LogP contribution in [0.5, 0.6) is 0 Å². The molecule has 8 heteroatoms. The van der Waals surface area contributed by atoms with Crippen molar-refractivity contribution in [2.24, 2.45) is 0 Å². The number of nitrogens with one attached hydrogen (secondary N) is 1. The third kappa shape index (κ3) is 2.64. The maximum atomic E-state index is 12.0. The summed E-state index contributed by atoms with van der Waals surface area (Å²) >= 11 is 1.33. The van der Waals surface area contributed by atoms with Gasteiger partial charge in [0.05, 0.1) is 6.20 Å². The standard InChI is InChI=1S/C12H8N6OS/c19-10(18-12-15-2-1-3-16-12)9-7-20-11(17-9)8-6-13-4-5-14-8/h1-7H,(H,15,16,18,19). The molecule has 0 aliphatic carbocycles. The van der Waals surface area contributed by atoms with Crippen molar-refractivity contribution in [1.29, 1.82) is 0 Å². The van der Waals surface area contributed by atoms with Gasteiger partial charge in [0.2, 0.25) is 5.95 Å². The zero-order valence-electron chi connectivity index (χ0n) is 10.1. The van der Waals surface area contributed by atoms with Crippen LogP contribution >= 0.6 is 11.3 Å². The molecule has 0 saturated heterocycles. The lowest BCUT2D eigenvalue weighted by atomic mass is 10.4. The molecule has 98 valence electrons. The first-order chi connectivity index (χ1) is 9.83. The van der Waals surface area contributed by atoms with Gasteiger partial charge in [0.1, 0.15) is 16.4 Å². The second-order valence-corrected chi connectivity index (χ2v) is 4.51. The quantitative estimate of drug-likeness (QED) is 0.785. The van der Waals surface area contributed by atoms with Crippen molar-refractivity contribution < 1.29 is 4.79 Å². The van der Waals surface area contributed by atoms with Crippen molar-refractivity contribution in [3.05, 3.63) is 48.1 Å². The summed E-state index contributed by atoms with van der Waals surface area (Å²) in [7, 11) is 0. The molecule has 0 aromatic carbocycles. The Morgan fingerprint density at radius 1 is 1.10 bits per heavy atom. The molecule has 1 amide bonds. The molecule has 0 radical (unpaired) electrons. The molecule has 0 fully saturated rings. The highest BCUT2D eigenvalue weighted by molar-refractivity contribution is 7.13. The smallest absolute Gasteiger partial charge is 0.277 e. The maximum Gasteiger partial charge on any atom is 0.277 e. The van der Waals surface area contributed by atoms with E-state index < -0.39 is 0 Å². The van der Waals surface area contributed by atoms with Gasteiger partial charge in [-0.05, 0) is 6.07 Å². The van der Waals surface area contributed by atoms with Crippen LogP contribution in [0.4, 0.5) is 5.95 Å². The third-order valence-corrected chi connectivity index (χ3v) is 3.18. The number of hydrogen-bond donors (Lipinski definition) is 1. The van der Waals surface area contributed by atoms with Crippen LogP contribution in [0.2, 0.25) is 0 Å². The molecule has 0 spiro atoms. The monoisotopic (exact) mass is 284 g/mol. The second-order valence-electron chi connectivity index (χ2n) is 3.66. The van der Waals surface area contributed by atoms with Gasteiger partial charge in [-0.25, -0.2) is 15.0 Å². The molecule has 3 heterocycles. The summed E-state index contributed by atoms with van der Waals surface area (Å²) in [5.74, 6) is -0.117. The van der Waals surface area contributed by atoms with Gasteiger partial charge < -0.3 is 0 Å². The molecule has 3 rings (SSSR count). The average Bonchev–Trinajstić information content (AvgIpc) is 2.99. The summed E-state index contributed by atoms with van der Waals surface area (Å²) in [5.41, 5.74) is 0.926. The Kier molecular flexibility index (Phi) is 3.38. The van der Waals surface area contributed by atoms with E-state index >= 15 is 0 Å². The lowest BCUT2D eigenvalue weighted by Gasteiger charge is -1.99. The third-order valence-electron chi connectivity index (χ3n) is 2.31. The Labute approximate surface area is 117 Å². The molecule has 0 bridgehead atoms. The maximum absolute atomic E-state index is 12.0. The summed E-state index contributed by atoms with van der Waals surface area (Å²) < 4.78 is 0. The molecule has 0 atom stereocenters. The van der Waals surface area contributed by atoms with Gasteiger partial charge in [-0.1, -0.05) is 0 Å². The van der Waals surface area contributed by atoms with E-state index in [0.717, 1.165) is 0 Å². The van der Waals surface area contributed by atoms with Crippen molar-refractivity contribution in [1.82, 2.24) is 24.9 Å². The van der Waals surface area contributed by atoms with Gasteiger partial charge in [0, 0.05) is 30.2 Å². The first kappa shape index (κ1) is 12.3. The van der Waals surface area contributed by atoms with Gasteiger partial charge in [-0.15, -0.1) is 11.3 Å². The Morgan fingerprint density at radius 3 is 2.70 bits per heavy atom. The zero-order chi connectivity index (χ0) is 13.8. The Bertz CT molecular complexity index is 715. The fourth-order valence-electron chi connectivity index (χ4n) is 1.43. The SMILES string of the molecule is O=C(Nc1ncccn1)c1csc(-c2cnccn2)n1. The van der Waals surface area contributed by atoms with E-state index in [4.69, 9.17) is 0 Å². The number of rotatable bonds is 3. The van der Waals surface area contributed by atoms with E-state index in [1.165, 1.54) is 11.3 Å². The minimum atomic E-state index is -0.359. The molecule has 3 aromatic heterocycles. The van der Waals surface area contributed by atoms with Crippen LogP contribution in [0.3, 0.4) is 0 Å². The predicted molar refractivity (Wildman–Crippen MR) is 73.1 cm³/mol. The predicted octanol–water partition coefficient (Wildman–Crippen LogP) is 1.64. The number of thiazole rings is 1. The van der Waals surface area contributed by atoms with Crippen molar-refractivity contribution >= 4 is 23.2 Å². The number of aromatic nitrogens is 5. The number of carbonyl (C=O) groups is 1. The highest BCUT2D eigenvalue weighted by atomic mass is 32.1. The molecular formula is C12H8N6OS. The van der Waals surface area contributed by atoms with E-state index in [1.54, 1.807) is 42.4 Å². The molecule has 1 N–H and O–H groups in total. The minimum absolute atomic E-state index is 0.242. The van der Waals surface area contributed by atoms with E-state index in [1.807, 2.05) is 0 Å². The molecule has 0 saturated carbocycles. The van der Waals surface area contributed by atoms with Crippen LogP contribution < -0.4 is 5.32 Å². The topological polar surface area (TPSA) is 93.6 Å². The van der Waals surface area contributed by atoms with Crippen LogP contribution in [0, 0.1) is 0 Å². The van der Waals surface area contributed by atoms with Crippen LogP contribution in [0.1, 0.15) is 10.5 Å². The minimum Gasteiger partial charge on any atom is -0.289 e. The number of nitrogens with zero attached hydrogens (tertiary/aromatic N) is 5. The van der Waals surface area contributed by atoms with Crippen LogP contribution in [-0.4, -0.2) is 30.8 Å². The number of anilines is 1. The number of amides is 1. The van der Waals surface area contributed by atoms with Gasteiger partial charge in [0.15, 0.2) is 0 Å². The summed E-state index contributed by atoms with van der Waals surface area (Å²) in [5, 5.41) is 4.86. The molecular weight excluding hydrogens is 276 g/mol. The molecule has 0 unspecified atom stereocenters. The average molecular weight is 284 g/mol. The summed E-state index contributed by atoms with van der Waals surface area (Å²) in [6, 6.07) is 1.67. The van der Waals surface area contributed by atoms with Crippen molar-refractivity contribution in [2.45, 2.75) is 0 Å². The van der Waals surface area contributed by atoms with Gasteiger partial charge in [0.25, 0.3) is 5.91 Å². The lowest BCUT2D eigenvalue weighted by Crippen LogP contribution is -2.14. The number of hydrogen-bond acceptors (Lipinski definition) is 7. The largest absolute Gasteiger partial charge is 0.289 e. The molecule has 20 heavy (non-hydrogen) atoms. The number of carbonyl (C=O) groups excluding carboxylic acids is 1. The Balaban J connectivity index is 1.79. The molecule has 7 nitrogen and oxygen atoms in total. The van der Waals surface area contributed by atoms with Crippen molar-refractivity contribution in [3.63, 3.8) is 0 Å². The first-order valence-electron chi connectivity index (χ1n) is 5.63. The zero-order valence-corrected chi connectivity index (χ0v) is 10.9. The van der Waals surface area contributed by atoms with E-state index in [9.17, 15) is 4.79 Å². The van der Waals surface area contributed by atoms with Crippen LogP contribution in [0.25, 0.3) is 10.7 Å². The molecule has 3 aromatic rings. The van der Waals surface area contributed by atoms with Crippen LogP contribution in [0.15, 0.2) is 42.4 Å². The fourth-order valence-corrected chi connectivity index (χ4v) is 2.19. The van der Waals surface area contributed by atoms with Crippen LogP contribution in [-0.2, 0) is 0 Å². The highest BCUT2D eigenvalue weighted by Gasteiger charge is 2.13. The van der Waals surface area contributed by atoms with Gasteiger partial charge in [-0.2, -0.15) is 0 Å². The summed E-state index contributed by atoms with van der Waals surface area (Å²) in [6.07, 6.45) is 7.86. The second kappa shape index (κ2) is 5.49. The summed E-state index contributed by atoms with van der Waals surface area (Å²) in [4.78, 5) is 32.1. The molecule has 0 aliphatic heterocycles. The fraction of sp³-hybridized carbons (Fsp3) is 0. The highest BCUT2D eigenvalue weighted by Crippen LogP contribution is 2.20. The lowest BCUT2D eigenvalue weighted by molar-refractivity contribution is 0.102. The normalized spacial score (nSPS) is 10.2. The molecule has 0 aliphatic rings. The first-order valence-corrected chi connectivity index (χ1v) is 6.51. The van der Waals surface area contributed by atoms with E-state index in [2.05, 4.69) is 30.2 Å². The van der Waals surface area contributed by atoms with Crippen molar-refractivity contribution in [2.75, 3.05) is 5.32 Å². The van der Waals surface area contributed by atoms with Gasteiger partial charge >= 0.3 is 0 Å². The van der Waals surface area contributed by atoms with E-state index in [-0.39, 0.29) is 11.9 Å². The Morgan fingerprint density at radius 2 is 1.95 bits per heavy atom. The van der Waals surface area contributed by atoms with E-state index in [0.29, 0.717) is 16.4 Å². The van der Waals surface area contributed by atoms with Crippen molar-refractivity contribution in [3.8, 4) is 10.7 Å².